The summed E-state index contributed by atoms with van der Waals surface area (Å²) in [7, 11) is 0. The standard InChI is InChI=1S/C8H7BrN4.ClH/c9-5-1-11-8-6-2-10-3-7(6)12-13(8)4-5;/h1,4,10H,2-3H2;1H. The lowest BCUT2D eigenvalue weighted by molar-refractivity contribution is 0.733. The van der Waals surface area contributed by atoms with Gasteiger partial charge >= 0.3 is 0 Å². The lowest BCUT2D eigenvalue weighted by atomic mass is 10.3. The highest BCUT2D eigenvalue weighted by Gasteiger charge is 2.18. The van der Waals surface area contributed by atoms with Crippen LogP contribution in [-0.4, -0.2) is 14.6 Å². The van der Waals surface area contributed by atoms with Gasteiger partial charge in [-0.2, -0.15) is 5.10 Å². The third-order valence-electron chi connectivity index (χ3n) is 2.21. The van der Waals surface area contributed by atoms with Crippen LogP contribution in [0.15, 0.2) is 16.9 Å². The first-order valence-electron chi connectivity index (χ1n) is 4.07. The van der Waals surface area contributed by atoms with Crippen molar-refractivity contribution in [2.75, 3.05) is 0 Å². The van der Waals surface area contributed by atoms with Crippen molar-refractivity contribution in [3.05, 3.63) is 28.1 Å². The molecule has 0 saturated carbocycles. The Balaban J connectivity index is 0.000000750. The number of hydrogen-bond donors (Lipinski definition) is 1. The van der Waals surface area contributed by atoms with Crippen molar-refractivity contribution >= 4 is 34.0 Å². The van der Waals surface area contributed by atoms with Crippen molar-refractivity contribution in [2.45, 2.75) is 13.1 Å². The van der Waals surface area contributed by atoms with Crippen LogP contribution >= 0.6 is 28.3 Å². The van der Waals surface area contributed by atoms with Crippen LogP contribution in [0.3, 0.4) is 0 Å². The fourth-order valence-electron chi connectivity index (χ4n) is 1.63. The monoisotopic (exact) mass is 274 g/mol. The number of fused-ring (bicyclic) bond motifs is 3. The minimum Gasteiger partial charge on any atom is -0.307 e. The second-order valence-corrected chi connectivity index (χ2v) is 3.98. The third-order valence-corrected chi connectivity index (χ3v) is 2.62. The van der Waals surface area contributed by atoms with Crippen LogP contribution in [0.25, 0.3) is 5.65 Å². The van der Waals surface area contributed by atoms with Gasteiger partial charge in [0.1, 0.15) is 0 Å². The summed E-state index contributed by atoms with van der Waals surface area (Å²) >= 11 is 3.37. The molecule has 1 aliphatic rings. The van der Waals surface area contributed by atoms with Gasteiger partial charge in [-0.25, -0.2) is 9.50 Å². The summed E-state index contributed by atoms with van der Waals surface area (Å²) in [4.78, 5) is 4.33. The number of nitrogens with zero attached hydrogens (tertiary/aromatic N) is 3. The molecule has 0 amide bonds. The van der Waals surface area contributed by atoms with Crippen LogP contribution in [0.5, 0.6) is 0 Å². The van der Waals surface area contributed by atoms with E-state index in [9.17, 15) is 0 Å². The Labute approximate surface area is 95.3 Å². The molecule has 0 radical (unpaired) electrons. The molecule has 0 saturated heterocycles. The van der Waals surface area contributed by atoms with Gasteiger partial charge in [0.2, 0.25) is 0 Å². The predicted molar refractivity (Wildman–Crippen MR) is 58.5 cm³/mol. The van der Waals surface area contributed by atoms with Gasteiger partial charge in [0.05, 0.1) is 10.2 Å². The molecule has 6 heteroatoms. The maximum atomic E-state index is 4.42. The maximum absolute atomic E-state index is 4.42. The van der Waals surface area contributed by atoms with E-state index in [1.807, 2.05) is 10.7 Å². The predicted octanol–water partition coefficient (Wildman–Crippen LogP) is 1.52. The molecule has 3 heterocycles. The zero-order valence-electron chi connectivity index (χ0n) is 7.20. The molecule has 0 bridgehead atoms. The van der Waals surface area contributed by atoms with E-state index in [1.165, 1.54) is 5.56 Å². The summed E-state index contributed by atoms with van der Waals surface area (Å²) in [6.07, 6.45) is 3.73. The molecule has 0 fully saturated rings. The second-order valence-electron chi connectivity index (χ2n) is 3.07. The molecule has 4 nitrogen and oxygen atoms in total. The van der Waals surface area contributed by atoms with Gasteiger partial charge in [-0.1, -0.05) is 0 Å². The molecule has 0 unspecified atom stereocenters. The zero-order chi connectivity index (χ0) is 8.84. The molecular formula is C8H8BrClN4. The lowest BCUT2D eigenvalue weighted by Gasteiger charge is -1.95. The van der Waals surface area contributed by atoms with Crippen LogP contribution in [0.2, 0.25) is 0 Å². The molecule has 14 heavy (non-hydrogen) atoms. The summed E-state index contributed by atoms with van der Waals surface area (Å²) in [5.74, 6) is 0. The summed E-state index contributed by atoms with van der Waals surface area (Å²) < 4.78 is 2.78. The second kappa shape index (κ2) is 3.49. The summed E-state index contributed by atoms with van der Waals surface area (Å²) in [5.41, 5.74) is 3.31. The van der Waals surface area contributed by atoms with Gasteiger partial charge in [-0.3, -0.25) is 0 Å². The third kappa shape index (κ3) is 1.32. The number of nitrogens with one attached hydrogen (secondary N) is 1. The fourth-order valence-corrected chi connectivity index (χ4v) is 1.93. The topological polar surface area (TPSA) is 42.2 Å². The van der Waals surface area contributed by atoms with E-state index < -0.39 is 0 Å². The van der Waals surface area contributed by atoms with E-state index in [1.54, 1.807) is 6.20 Å². The lowest BCUT2D eigenvalue weighted by Crippen LogP contribution is -2.04. The van der Waals surface area contributed by atoms with Crippen molar-refractivity contribution in [1.29, 1.82) is 0 Å². The molecule has 0 aliphatic carbocycles. The number of rotatable bonds is 0. The first kappa shape index (κ1) is 9.89. The SMILES string of the molecule is Brc1cnc2c3c(nn2c1)CNC3.Cl. The van der Waals surface area contributed by atoms with Crippen LogP contribution in [0.4, 0.5) is 0 Å². The molecule has 1 N–H and O–H groups in total. The van der Waals surface area contributed by atoms with E-state index in [2.05, 4.69) is 31.3 Å². The molecule has 0 spiro atoms. The summed E-state index contributed by atoms with van der Waals surface area (Å²) in [6, 6.07) is 0. The maximum Gasteiger partial charge on any atom is 0.159 e. The van der Waals surface area contributed by atoms with Crippen molar-refractivity contribution < 1.29 is 0 Å². The van der Waals surface area contributed by atoms with Crippen LogP contribution < -0.4 is 5.32 Å². The Kier molecular flexibility index (Phi) is 2.47. The summed E-state index contributed by atoms with van der Waals surface area (Å²) in [6.45, 7) is 1.74. The van der Waals surface area contributed by atoms with Crippen LogP contribution in [0.1, 0.15) is 11.3 Å². The Morgan fingerprint density at radius 1 is 1.43 bits per heavy atom. The first-order chi connectivity index (χ1) is 6.34. The van der Waals surface area contributed by atoms with E-state index in [-0.39, 0.29) is 12.4 Å². The molecule has 74 valence electrons. The van der Waals surface area contributed by atoms with Crippen molar-refractivity contribution in [2.24, 2.45) is 0 Å². The molecule has 1 aliphatic heterocycles. The van der Waals surface area contributed by atoms with Gasteiger partial charge in [-0.05, 0) is 15.9 Å². The van der Waals surface area contributed by atoms with E-state index >= 15 is 0 Å². The largest absolute Gasteiger partial charge is 0.307 e. The van der Waals surface area contributed by atoms with E-state index in [0.29, 0.717) is 0 Å². The molecular weight excluding hydrogens is 267 g/mol. The minimum atomic E-state index is 0. The highest BCUT2D eigenvalue weighted by molar-refractivity contribution is 9.10. The number of halogens is 2. The molecule has 2 aromatic heterocycles. The molecule has 2 aromatic rings. The van der Waals surface area contributed by atoms with Gasteiger partial charge in [0, 0.05) is 31.0 Å². The van der Waals surface area contributed by atoms with E-state index in [0.717, 1.165) is 28.9 Å². The minimum absolute atomic E-state index is 0. The van der Waals surface area contributed by atoms with Crippen molar-refractivity contribution in [3.8, 4) is 0 Å². The highest BCUT2D eigenvalue weighted by Crippen LogP contribution is 2.19. The van der Waals surface area contributed by atoms with Crippen molar-refractivity contribution in [1.82, 2.24) is 19.9 Å². The number of hydrogen-bond acceptors (Lipinski definition) is 3. The number of aromatic nitrogens is 3. The quantitative estimate of drug-likeness (QED) is 0.793. The Bertz CT molecular complexity index is 481. The first-order valence-corrected chi connectivity index (χ1v) is 4.86. The average Bonchev–Trinajstić information content (AvgIpc) is 2.62. The van der Waals surface area contributed by atoms with Gasteiger partial charge in [-0.15, -0.1) is 12.4 Å². The summed E-state index contributed by atoms with van der Waals surface area (Å²) in [5, 5.41) is 7.66. The molecule has 0 aromatic carbocycles. The normalized spacial score (nSPS) is 14.1. The molecule has 3 rings (SSSR count). The van der Waals surface area contributed by atoms with Gasteiger partial charge < -0.3 is 5.32 Å². The Morgan fingerprint density at radius 2 is 2.29 bits per heavy atom. The fraction of sp³-hybridized carbons (Fsp3) is 0.250. The smallest absolute Gasteiger partial charge is 0.159 e. The Morgan fingerprint density at radius 3 is 3.14 bits per heavy atom. The van der Waals surface area contributed by atoms with Crippen molar-refractivity contribution in [3.63, 3.8) is 0 Å². The molecule has 0 atom stereocenters. The average molecular weight is 276 g/mol. The van der Waals surface area contributed by atoms with E-state index in [4.69, 9.17) is 0 Å². The van der Waals surface area contributed by atoms with Gasteiger partial charge in [0.15, 0.2) is 5.65 Å². The van der Waals surface area contributed by atoms with Crippen LogP contribution in [0, 0.1) is 0 Å². The highest BCUT2D eigenvalue weighted by atomic mass is 79.9. The Hall–Kier alpha value is -0.650. The zero-order valence-corrected chi connectivity index (χ0v) is 9.60. The van der Waals surface area contributed by atoms with Gasteiger partial charge in [0.25, 0.3) is 0 Å². The van der Waals surface area contributed by atoms with Crippen LogP contribution in [-0.2, 0) is 13.1 Å².